The fourth-order valence-electron chi connectivity index (χ4n) is 2.07. The Morgan fingerprint density at radius 1 is 1.17 bits per heavy atom. The average Bonchev–Trinajstić information content (AvgIpc) is 3.04. The van der Waals surface area contributed by atoms with Crippen LogP contribution in [0.3, 0.4) is 0 Å². The quantitative estimate of drug-likeness (QED) is 0.691. The number of furan rings is 1. The van der Waals surface area contributed by atoms with Crippen molar-refractivity contribution >= 4 is 11.8 Å². The van der Waals surface area contributed by atoms with Gasteiger partial charge in [0, 0.05) is 19.5 Å². The molecule has 0 bridgehead atoms. The third kappa shape index (κ3) is 5.51. The second-order valence-electron chi connectivity index (χ2n) is 5.74. The van der Waals surface area contributed by atoms with Crippen LogP contribution in [0.15, 0.2) is 47.1 Å². The minimum Gasteiger partial charge on any atom is -0.469 e. The van der Waals surface area contributed by atoms with E-state index in [1.165, 1.54) is 37.5 Å². The van der Waals surface area contributed by atoms with E-state index in [2.05, 4.69) is 10.6 Å². The highest BCUT2D eigenvalue weighted by Crippen LogP contribution is 2.12. The lowest BCUT2D eigenvalue weighted by Crippen LogP contribution is -2.47. The van der Waals surface area contributed by atoms with E-state index in [1.54, 1.807) is 12.1 Å². The van der Waals surface area contributed by atoms with Crippen LogP contribution >= 0.6 is 0 Å². The summed E-state index contributed by atoms with van der Waals surface area (Å²) >= 11 is 0. The van der Waals surface area contributed by atoms with Gasteiger partial charge < -0.3 is 20.2 Å². The van der Waals surface area contributed by atoms with Gasteiger partial charge in [0.05, 0.1) is 11.9 Å². The molecule has 2 aromatic rings. The van der Waals surface area contributed by atoms with Gasteiger partial charge in [-0.25, -0.2) is 4.39 Å². The monoisotopic (exact) mass is 334 g/mol. The summed E-state index contributed by atoms with van der Waals surface area (Å²) in [6.45, 7) is 1.54. The van der Waals surface area contributed by atoms with E-state index < -0.39 is 17.4 Å². The number of hydrogen-bond acceptors (Lipinski definition) is 4. The fourth-order valence-corrected chi connectivity index (χ4v) is 2.07. The molecule has 0 aliphatic heterocycles. The number of benzene rings is 1. The van der Waals surface area contributed by atoms with Crippen molar-refractivity contribution in [2.45, 2.75) is 25.5 Å². The molecule has 0 aliphatic carbocycles. The second-order valence-corrected chi connectivity index (χ2v) is 5.74. The first-order valence-corrected chi connectivity index (χ1v) is 7.41. The summed E-state index contributed by atoms with van der Waals surface area (Å²) in [4.78, 5) is 23.5. The number of hydrogen-bond donors (Lipinski definition) is 3. The van der Waals surface area contributed by atoms with Crippen LogP contribution in [0, 0.1) is 5.82 Å². The largest absolute Gasteiger partial charge is 0.469 e. The zero-order valence-corrected chi connectivity index (χ0v) is 13.2. The minimum absolute atomic E-state index is 0.101. The molecule has 1 aromatic carbocycles. The smallest absolute Gasteiger partial charge is 0.309 e. The third-order valence-electron chi connectivity index (χ3n) is 3.34. The highest BCUT2D eigenvalue weighted by molar-refractivity contribution is 6.35. The van der Waals surface area contributed by atoms with Gasteiger partial charge in [-0.15, -0.1) is 0 Å². The Hall–Kier alpha value is -2.67. The highest BCUT2D eigenvalue weighted by atomic mass is 19.1. The zero-order chi connectivity index (χ0) is 17.6. The maximum Gasteiger partial charge on any atom is 0.309 e. The lowest BCUT2D eigenvalue weighted by molar-refractivity contribution is -0.139. The average molecular weight is 334 g/mol. The van der Waals surface area contributed by atoms with Crippen LogP contribution in [0.1, 0.15) is 18.2 Å². The summed E-state index contributed by atoms with van der Waals surface area (Å²) < 4.78 is 17.9. The number of rotatable bonds is 6. The zero-order valence-electron chi connectivity index (χ0n) is 13.2. The molecule has 3 N–H and O–H groups in total. The van der Waals surface area contributed by atoms with Crippen LogP contribution in [0.25, 0.3) is 0 Å². The van der Waals surface area contributed by atoms with Crippen molar-refractivity contribution in [1.82, 2.24) is 10.6 Å². The number of amides is 2. The van der Waals surface area contributed by atoms with Crippen LogP contribution in [0.2, 0.25) is 0 Å². The second kappa shape index (κ2) is 7.74. The first-order chi connectivity index (χ1) is 11.4. The minimum atomic E-state index is -1.25. The summed E-state index contributed by atoms with van der Waals surface area (Å²) in [6.07, 6.45) is 1.70. The third-order valence-corrected chi connectivity index (χ3v) is 3.34. The first kappa shape index (κ1) is 17.7. The molecule has 0 fully saturated rings. The number of aliphatic hydroxyl groups is 1. The normalized spacial score (nSPS) is 13.1. The standard InChI is InChI=1S/C17H19FN2O4/c1-17(23,9-14-3-2-8-24-14)11-20-16(22)15(21)19-10-12-4-6-13(18)7-5-12/h2-8,23H,9-11H2,1H3,(H,19,21)(H,20,22)/t17-/m0/s1. The summed E-state index contributed by atoms with van der Waals surface area (Å²) in [7, 11) is 0. The van der Waals surface area contributed by atoms with Gasteiger partial charge in [0.15, 0.2) is 0 Å². The summed E-state index contributed by atoms with van der Waals surface area (Å²) in [6, 6.07) is 8.99. The van der Waals surface area contributed by atoms with Gasteiger partial charge in [-0.3, -0.25) is 9.59 Å². The van der Waals surface area contributed by atoms with Gasteiger partial charge in [-0.1, -0.05) is 12.1 Å². The predicted molar refractivity (Wildman–Crippen MR) is 84.3 cm³/mol. The van der Waals surface area contributed by atoms with Crippen LogP contribution in [-0.4, -0.2) is 29.1 Å². The Kier molecular flexibility index (Phi) is 5.70. The fraction of sp³-hybridized carbons (Fsp3) is 0.294. The summed E-state index contributed by atoms with van der Waals surface area (Å²) in [5, 5.41) is 15.0. The molecule has 0 radical (unpaired) electrons. The molecule has 0 saturated heterocycles. The van der Waals surface area contributed by atoms with Gasteiger partial charge in [-0.05, 0) is 36.8 Å². The van der Waals surface area contributed by atoms with E-state index in [0.717, 1.165) is 0 Å². The molecule has 2 rings (SSSR count). The summed E-state index contributed by atoms with van der Waals surface area (Å²) in [5.74, 6) is -1.47. The molecule has 0 spiro atoms. The van der Waals surface area contributed by atoms with Crippen molar-refractivity contribution in [3.63, 3.8) is 0 Å². The van der Waals surface area contributed by atoms with Crippen molar-refractivity contribution in [3.8, 4) is 0 Å². The van der Waals surface area contributed by atoms with E-state index in [9.17, 15) is 19.1 Å². The van der Waals surface area contributed by atoms with Gasteiger partial charge in [0.25, 0.3) is 0 Å². The molecule has 1 aromatic heterocycles. The van der Waals surface area contributed by atoms with Crippen LogP contribution in [0.5, 0.6) is 0 Å². The van der Waals surface area contributed by atoms with Crippen molar-refractivity contribution in [1.29, 1.82) is 0 Å². The SMILES string of the molecule is C[C@@](O)(CNC(=O)C(=O)NCc1ccc(F)cc1)Cc1ccco1. The Morgan fingerprint density at radius 2 is 1.83 bits per heavy atom. The molecule has 0 saturated carbocycles. The van der Waals surface area contributed by atoms with Crippen molar-refractivity contribution in [2.75, 3.05) is 6.54 Å². The van der Waals surface area contributed by atoms with Crippen LogP contribution in [0.4, 0.5) is 4.39 Å². The van der Waals surface area contributed by atoms with Gasteiger partial charge in [0.1, 0.15) is 11.6 Å². The van der Waals surface area contributed by atoms with Crippen LogP contribution in [-0.2, 0) is 22.6 Å². The van der Waals surface area contributed by atoms with E-state index in [4.69, 9.17) is 4.42 Å². The Balaban J connectivity index is 1.76. The molecule has 0 aliphatic rings. The molecule has 24 heavy (non-hydrogen) atoms. The highest BCUT2D eigenvalue weighted by Gasteiger charge is 2.24. The molecule has 128 valence electrons. The Bertz CT molecular complexity index is 681. The van der Waals surface area contributed by atoms with E-state index in [-0.39, 0.29) is 25.3 Å². The van der Waals surface area contributed by atoms with E-state index >= 15 is 0 Å². The van der Waals surface area contributed by atoms with Crippen molar-refractivity contribution in [3.05, 3.63) is 59.8 Å². The maximum atomic E-state index is 12.8. The Morgan fingerprint density at radius 3 is 2.46 bits per heavy atom. The molecular formula is C17H19FN2O4. The molecule has 1 heterocycles. The molecule has 7 heteroatoms. The van der Waals surface area contributed by atoms with Gasteiger partial charge in [0.2, 0.25) is 0 Å². The molecular weight excluding hydrogens is 315 g/mol. The topological polar surface area (TPSA) is 91.6 Å². The van der Waals surface area contributed by atoms with E-state index in [0.29, 0.717) is 11.3 Å². The number of nitrogens with one attached hydrogen (secondary N) is 2. The van der Waals surface area contributed by atoms with Crippen LogP contribution < -0.4 is 10.6 Å². The lowest BCUT2D eigenvalue weighted by atomic mass is 10.0. The molecule has 6 nitrogen and oxygen atoms in total. The first-order valence-electron chi connectivity index (χ1n) is 7.41. The van der Waals surface area contributed by atoms with Crippen molar-refractivity contribution in [2.24, 2.45) is 0 Å². The van der Waals surface area contributed by atoms with Gasteiger partial charge in [-0.2, -0.15) is 0 Å². The molecule has 0 unspecified atom stereocenters. The lowest BCUT2D eigenvalue weighted by Gasteiger charge is -2.22. The van der Waals surface area contributed by atoms with Gasteiger partial charge >= 0.3 is 11.8 Å². The predicted octanol–water partition coefficient (Wildman–Crippen LogP) is 1.14. The number of carbonyl (C=O) groups is 2. The number of halogens is 1. The summed E-state index contributed by atoms with van der Waals surface area (Å²) in [5.41, 5.74) is -0.576. The number of carbonyl (C=O) groups excluding carboxylic acids is 2. The molecule has 2 amide bonds. The Labute approximate surface area is 138 Å². The molecule has 1 atom stereocenters. The van der Waals surface area contributed by atoms with Crippen molar-refractivity contribution < 1.29 is 23.5 Å². The maximum absolute atomic E-state index is 12.8. The van der Waals surface area contributed by atoms with E-state index in [1.807, 2.05) is 0 Å².